The first kappa shape index (κ1) is 64.2. The Morgan fingerprint density at radius 3 is 0.708 bits per heavy atom. The zero-order valence-corrected chi connectivity index (χ0v) is 32.7. The Labute approximate surface area is 313 Å². The minimum absolute atomic E-state index is 0. The average Bonchev–Trinajstić information content (AvgIpc) is 2.80. The van der Waals surface area contributed by atoms with E-state index in [0.29, 0.717) is 12.1 Å². The zero-order chi connectivity index (χ0) is 38.3. The van der Waals surface area contributed by atoms with Crippen LogP contribution in [-0.4, -0.2) is 56.7 Å². The van der Waals surface area contributed by atoms with Crippen molar-refractivity contribution in [1.82, 2.24) is 0 Å². The minimum atomic E-state index is -0.848. The summed E-state index contributed by atoms with van der Waals surface area (Å²) in [5.41, 5.74) is -0.704. The van der Waals surface area contributed by atoms with Crippen molar-refractivity contribution < 1.29 is 104 Å². The molecule has 0 saturated heterocycles. The van der Waals surface area contributed by atoms with Crippen LogP contribution in [-0.2, 0) is 43.4 Å². The summed E-state index contributed by atoms with van der Waals surface area (Å²) in [5, 5.41) is 116. The number of non-ortho nitro benzene ring substituents is 2. The molecule has 0 aliphatic heterocycles. The molecule has 0 aliphatic carbocycles. The van der Waals surface area contributed by atoms with Gasteiger partial charge in [-0.05, 0) is 27.7 Å². The molecule has 16 nitrogen and oxygen atoms in total. The summed E-state index contributed by atoms with van der Waals surface area (Å²) in [6.07, 6.45) is -2.00. The van der Waals surface area contributed by atoms with Gasteiger partial charge < -0.3 is 51.1 Å². The SMILES string of the molecule is CC(C)O.CC(C)O.CC(C)[O-].CC(C)[O-].CC(C)[O-].CC(C)[O-].O=[N+]([O-])c1ccc([O-])c([O-])c1.O=[N+]([O-])c1ccc([O-])c([O-])c1.[Ti+4].[Ti+4]. The maximum absolute atomic E-state index is 10.5. The number of benzene rings is 2. The summed E-state index contributed by atoms with van der Waals surface area (Å²) in [6.45, 7) is 19.8. The van der Waals surface area contributed by atoms with Crippen molar-refractivity contribution in [2.75, 3.05) is 0 Å². The topological polar surface area (TPSA) is 311 Å². The fourth-order valence-corrected chi connectivity index (χ4v) is 1.22. The van der Waals surface area contributed by atoms with E-state index >= 15 is 0 Å². The largest absolute Gasteiger partial charge is 4.00 e. The van der Waals surface area contributed by atoms with E-state index in [1.807, 2.05) is 0 Å². The Kier molecular flexibility index (Phi) is 54.6. The molecule has 2 aromatic rings. The predicted molar refractivity (Wildman–Crippen MR) is 159 cm³/mol. The van der Waals surface area contributed by atoms with Crippen LogP contribution in [0.1, 0.15) is 83.1 Å². The number of nitro groups is 2. The third-order valence-corrected chi connectivity index (χ3v) is 2.28. The van der Waals surface area contributed by atoms with E-state index in [1.54, 1.807) is 83.1 Å². The Bertz CT molecular complexity index is 887. The quantitative estimate of drug-likeness (QED) is 0.217. The number of rotatable bonds is 2. The first-order valence-electron chi connectivity index (χ1n) is 13.9. The Morgan fingerprint density at radius 1 is 0.458 bits per heavy atom. The smallest absolute Gasteiger partial charge is 0.873 e. The second-order valence-corrected chi connectivity index (χ2v) is 10.2. The maximum atomic E-state index is 10.5. The molecule has 0 spiro atoms. The van der Waals surface area contributed by atoms with E-state index in [1.165, 1.54) is 0 Å². The Balaban J connectivity index is -0.0000000669. The number of aliphatic hydroxyl groups is 2. The summed E-state index contributed by atoms with van der Waals surface area (Å²) in [4.78, 5) is 18.6. The van der Waals surface area contributed by atoms with Crippen molar-refractivity contribution in [3.8, 4) is 23.0 Å². The Hall–Kier alpha value is -2.37. The molecule has 2 aromatic carbocycles. The van der Waals surface area contributed by atoms with Gasteiger partial charge in [-0.3, -0.25) is 20.2 Å². The second-order valence-electron chi connectivity index (χ2n) is 10.2. The standard InChI is InChI=1S/2C6H5NO4.2C3H8O.4C3H7O.2Ti/c2*8-5-2-1-4(7(10)11)3-6(5)9;6*1-3(2)4;;/h2*1-3,8-9H;2*3-4H,1-2H3;4*3H,1-2H3;;/q;;;;4*-1;2*+4/p-4. The van der Waals surface area contributed by atoms with E-state index in [2.05, 4.69) is 0 Å². The normalized spacial score (nSPS) is 8.83. The number of hydrogen-bond acceptors (Lipinski definition) is 14. The molecule has 0 amide bonds. The van der Waals surface area contributed by atoms with Gasteiger partial charge in [-0.1, -0.05) is 67.5 Å². The van der Waals surface area contributed by atoms with Gasteiger partial charge in [0, 0.05) is 36.5 Å². The Morgan fingerprint density at radius 2 is 0.604 bits per heavy atom. The molecule has 18 heteroatoms. The molecule has 0 radical (unpaired) electrons. The van der Waals surface area contributed by atoms with Crippen LogP contribution < -0.4 is 40.9 Å². The first-order valence-corrected chi connectivity index (χ1v) is 13.9. The fraction of sp³-hybridized carbons (Fsp3) is 0.600. The number of nitro benzene ring substituents is 2. The summed E-state index contributed by atoms with van der Waals surface area (Å²) >= 11 is 0. The molecule has 0 atom stereocenters. The van der Waals surface area contributed by atoms with Crippen LogP contribution in [0.2, 0.25) is 0 Å². The molecule has 0 heterocycles. The van der Waals surface area contributed by atoms with E-state index in [-0.39, 0.29) is 67.0 Å². The van der Waals surface area contributed by atoms with Crippen molar-refractivity contribution in [3.05, 3.63) is 56.6 Å². The molecule has 0 unspecified atom stereocenters. The van der Waals surface area contributed by atoms with Crippen LogP contribution in [0.3, 0.4) is 0 Å². The predicted octanol–water partition coefficient (Wildman–Crippen LogP) is -0.726. The monoisotopic (exact) mass is 758 g/mol. The molecule has 0 bridgehead atoms. The average molecular weight is 758 g/mol. The van der Waals surface area contributed by atoms with Crippen LogP contribution in [0.15, 0.2) is 36.4 Å². The summed E-state index contributed by atoms with van der Waals surface area (Å²) in [5.74, 6) is -3.15. The number of nitrogens with zero attached hydrogens (tertiary/aromatic N) is 2. The third kappa shape index (κ3) is 79.3. The van der Waals surface area contributed by atoms with E-state index in [4.69, 9.17) is 10.2 Å². The van der Waals surface area contributed by atoms with Gasteiger partial charge in [0.1, 0.15) is 0 Å². The van der Waals surface area contributed by atoms with Crippen LogP contribution in [0.4, 0.5) is 11.4 Å². The molecule has 0 aromatic heterocycles. The van der Waals surface area contributed by atoms with Gasteiger partial charge >= 0.3 is 43.4 Å². The molecule has 48 heavy (non-hydrogen) atoms. The van der Waals surface area contributed by atoms with Gasteiger partial charge in [0.2, 0.25) is 0 Å². The van der Waals surface area contributed by atoms with E-state index in [0.717, 1.165) is 24.3 Å². The summed E-state index contributed by atoms with van der Waals surface area (Å²) in [6, 6.07) is 5.21. The van der Waals surface area contributed by atoms with Crippen molar-refractivity contribution in [2.45, 2.75) is 120 Å². The van der Waals surface area contributed by atoms with Gasteiger partial charge in [-0.15, -0.1) is 47.4 Å². The van der Waals surface area contributed by atoms with Crippen LogP contribution in [0.25, 0.3) is 0 Å². The van der Waals surface area contributed by atoms with E-state index < -0.39 is 57.3 Å². The summed E-state index contributed by atoms with van der Waals surface area (Å²) < 4.78 is 0. The van der Waals surface area contributed by atoms with E-state index in [9.17, 15) is 61.1 Å². The molecule has 0 fully saturated rings. The van der Waals surface area contributed by atoms with Gasteiger partial charge in [-0.25, -0.2) is 0 Å². The van der Waals surface area contributed by atoms with Crippen molar-refractivity contribution in [2.24, 2.45) is 0 Å². The molecule has 0 saturated carbocycles. The summed E-state index contributed by atoms with van der Waals surface area (Å²) in [7, 11) is 0. The van der Waals surface area contributed by atoms with Crippen molar-refractivity contribution in [3.63, 3.8) is 0 Å². The fourth-order valence-electron chi connectivity index (χ4n) is 1.22. The van der Waals surface area contributed by atoms with Crippen molar-refractivity contribution >= 4 is 11.4 Å². The molecular weight excluding hydrogens is 708 g/mol. The third-order valence-electron chi connectivity index (χ3n) is 2.28. The number of aliphatic hydroxyl groups excluding tert-OH is 2. The van der Waals surface area contributed by atoms with Crippen LogP contribution in [0, 0.1) is 20.2 Å². The maximum Gasteiger partial charge on any atom is 4.00 e. The minimum Gasteiger partial charge on any atom is -0.873 e. The first-order chi connectivity index (χ1) is 20.6. The van der Waals surface area contributed by atoms with Crippen LogP contribution >= 0.6 is 0 Å². The zero-order valence-electron chi connectivity index (χ0n) is 29.6. The molecule has 2 rings (SSSR count). The second kappa shape index (κ2) is 40.8. The van der Waals surface area contributed by atoms with Gasteiger partial charge in [0.25, 0.3) is 11.4 Å². The van der Waals surface area contributed by atoms with Gasteiger partial charge in [-0.2, -0.15) is 0 Å². The number of hydrogen-bond donors (Lipinski definition) is 2. The molecular formula is C30H50N2O14Ti2. The molecule has 272 valence electrons. The van der Waals surface area contributed by atoms with Gasteiger partial charge in [0.15, 0.2) is 0 Å². The van der Waals surface area contributed by atoms with Crippen LogP contribution in [0.5, 0.6) is 23.0 Å². The van der Waals surface area contributed by atoms with Crippen molar-refractivity contribution in [1.29, 1.82) is 0 Å². The molecule has 2 N–H and O–H groups in total. The molecule has 0 aliphatic rings. The van der Waals surface area contributed by atoms with Gasteiger partial charge in [0.05, 0.1) is 9.85 Å².